The number of ether oxygens (including phenoxy) is 1. The van der Waals surface area contributed by atoms with Gasteiger partial charge in [-0.25, -0.2) is 0 Å². The number of likely N-dealkylation sites (tertiary alicyclic amines) is 1. The van der Waals surface area contributed by atoms with Crippen molar-refractivity contribution in [3.63, 3.8) is 0 Å². The molecule has 0 aliphatic carbocycles. The Hall–Kier alpha value is -1.39. The number of rotatable bonds is 6. The van der Waals surface area contributed by atoms with Gasteiger partial charge in [-0.05, 0) is 11.5 Å². The summed E-state index contributed by atoms with van der Waals surface area (Å²) in [5, 5.41) is 10.2. The average Bonchev–Trinajstić information content (AvgIpc) is 2.43. The lowest BCUT2D eigenvalue weighted by molar-refractivity contribution is -0.156. The van der Waals surface area contributed by atoms with Gasteiger partial charge in [0.25, 0.3) is 0 Å². The monoisotopic (exact) mass is 291 g/mol. The molecule has 1 heterocycles. The van der Waals surface area contributed by atoms with Crippen molar-refractivity contribution in [1.82, 2.24) is 4.90 Å². The third-order valence-corrected chi connectivity index (χ3v) is 4.23. The van der Waals surface area contributed by atoms with E-state index < -0.39 is 5.60 Å². The summed E-state index contributed by atoms with van der Waals surface area (Å²) >= 11 is 0. The molecule has 4 nitrogen and oxygen atoms in total. The minimum absolute atomic E-state index is 0.176. The second kappa shape index (κ2) is 6.58. The lowest BCUT2D eigenvalue weighted by Gasteiger charge is -2.49. The molecule has 2 rings (SSSR count). The highest BCUT2D eigenvalue weighted by molar-refractivity contribution is 5.72. The molecule has 1 N–H and O–H groups in total. The molecular formula is C17H25NO3. The minimum atomic E-state index is -0.590. The molecule has 1 saturated heterocycles. The molecule has 1 atom stereocenters. The first-order valence-corrected chi connectivity index (χ1v) is 7.56. The summed E-state index contributed by atoms with van der Waals surface area (Å²) in [4.78, 5) is 14.1. The second-order valence-electron chi connectivity index (χ2n) is 6.42. The van der Waals surface area contributed by atoms with Crippen LogP contribution in [-0.4, -0.2) is 41.2 Å². The molecule has 1 aliphatic rings. The fourth-order valence-corrected chi connectivity index (χ4v) is 2.56. The maximum atomic E-state index is 12.0. The third kappa shape index (κ3) is 4.05. The Morgan fingerprint density at radius 1 is 1.29 bits per heavy atom. The number of hydrogen-bond donors (Lipinski definition) is 1. The number of esters is 1. The molecule has 1 unspecified atom stereocenters. The maximum Gasteiger partial charge on any atom is 0.310 e. The summed E-state index contributed by atoms with van der Waals surface area (Å²) in [6.45, 7) is 8.16. The van der Waals surface area contributed by atoms with Crippen LogP contribution in [0.1, 0.15) is 26.3 Å². The molecule has 0 aromatic heterocycles. The Bertz CT molecular complexity index is 466. The van der Waals surface area contributed by atoms with Crippen molar-refractivity contribution in [3.05, 3.63) is 35.9 Å². The van der Waals surface area contributed by atoms with E-state index in [0.717, 1.165) is 5.56 Å². The summed E-state index contributed by atoms with van der Waals surface area (Å²) in [5.41, 5.74) is 0.407. The van der Waals surface area contributed by atoms with E-state index in [2.05, 4.69) is 4.90 Å². The highest BCUT2D eigenvalue weighted by Gasteiger charge is 2.44. The van der Waals surface area contributed by atoms with Gasteiger partial charge in [0.05, 0.1) is 11.5 Å². The van der Waals surface area contributed by atoms with Gasteiger partial charge in [0, 0.05) is 19.6 Å². The van der Waals surface area contributed by atoms with E-state index in [9.17, 15) is 9.90 Å². The highest BCUT2D eigenvalue weighted by atomic mass is 16.5. The second-order valence-corrected chi connectivity index (χ2v) is 6.42. The van der Waals surface area contributed by atoms with E-state index in [1.165, 1.54) is 0 Å². The van der Waals surface area contributed by atoms with Crippen LogP contribution in [0.2, 0.25) is 0 Å². The first kappa shape index (κ1) is 16.0. The Kier molecular flexibility index (Phi) is 5.01. The van der Waals surface area contributed by atoms with Gasteiger partial charge in [0.15, 0.2) is 0 Å². The zero-order chi connectivity index (χ0) is 15.5. The molecule has 1 fully saturated rings. The largest absolute Gasteiger partial charge is 0.461 e. The van der Waals surface area contributed by atoms with Crippen molar-refractivity contribution in [2.24, 2.45) is 11.8 Å². The molecule has 0 bridgehead atoms. The van der Waals surface area contributed by atoms with Crippen LogP contribution in [0.4, 0.5) is 0 Å². The lowest BCUT2D eigenvalue weighted by atomic mass is 9.82. The number of carbonyl (C=O) groups excluding carboxylic acids is 1. The molecule has 0 spiro atoms. The number of aliphatic hydroxyl groups is 1. The van der Waals surface area contributed by atoms with Gasteiger partial charge < -0.3 is 9.84 Å². The van der Waals surface area contributed by atoms with Crippen LogP contribution in [-0.2, 0) is 16.1 Å². The van der Waals surface area contributed by atoms with Crippen molar-refractivity contribution in [3.8, 4) is 0 Å². The van der Waals surface area contributed by atoms with E-state index in [4.69, 9.17) is 4.74 Å². The van der Waals surface area contributed by atoms with Crippen LogP contribution in [0.3, 0.4) is 0 Å². The maximum absolute atomic E-state index is 12.0. The van der Waals surface area contributed by atoms with Crippen molar-refractivity contribution >= 4 is 5.97 Å². The fraction of sp³-hybridized carbons (Fsp3) is 0.588. The molecule has 1 aliphatic heterocycles. The molecule has 0 saturated carbocycles. The summed E-state index contributed by atoms with van der Waals surface area (Å²) < 4.78 is 5.33. The summed E-state index contributed by atoms with van der Waals surface area (Å²) in [6.07, 6.45) is 0. The van der Waals surface area contributed by atoms with Crippen molar-refractivity contribution in [1.29, 1.82) is 0 Å². The van der Waals surface area contributed by atoms with Crippen LogP contribution < -0.4 is 0 Å². The fourth-order valence-electron chi connectivity index (χ4n) is 2.56. The number of β-amino-alcohol motifs (C(OH)–C–C–N with tert-alkyl or cyclic N) is 1. The zero-order valence-corrected chi connectivity index (χ0v) is 13.1. The zero-order valence-electron chi connectivity index (χ0n) is 13.1. The smallest absolute Gasteiger partial charge is 0.310 e. The summed E-state index contributed by atoms with van der Waals surface area (Å²) in [5.74, 6) is -0.113. The van der Waals surface area contributed by atoms with Crippen molar-refractivity contribution in [2.45, 2.75) is 33.0 Å². The Balaban J connectivity index is 1.72. The Morgan fingerprint density at radius 3 is 2.48 bits per heavy atom. The summed E-state index contributed by atoms with van der Waals surface area (Å²) in [6, 6.07) is 9.68. The molecule has 4 heteroatoms. The standard InChI is InChI=1S/C17H25NO3/c1-13(2)17(20)11-18(12-17)9-14(3)16(19)21-10-15-7-5-4-6-8-15/h4-8,13-14,20H,9-12H2,1-3H3. The Labute approximate surface area is 126 Å². The van der Waals surface area contributed by atoms with Gasteiger partial charge in [-0.3, -0.25) is 9.69 Å². The number of benzene rings is 1. The van der Waals surface area contributed by atoms with Crippen LogP contribution >= 0.6 is 0 Å². The van der Waals surface area contributed by atoms with Gasteiger partial charge in [0.2, 0.25) is 0 Å². The van der Waals surface area contributed by atoms with Crippen LogP contribution in [0.15, 0.2) is 30.3 Å². The molecule has 1 aromatic rings. The molecule has 0 radical (unpaired) electrons. The number of carbonyl (C=O) groups is 1. The molecule has 0 amide bonds. The van der Waals surface area contributed by atoms with Gasteiger partial charge >= 0.3 is 5.97 Å². The number of nitrogens with zero attached hydrogens (tertiary/aromatic N) is 1. The van der Waals surface area contributed by atoms with Gasteiger partial charge in [-0.2, -0.15) is 0 Å². The third-order valence-electron chi connectivity index (χ3n) is 4.23. The van der Waals surface area contributed by atoms with E-state index in [1.807, 2.05) is 51.1 Å². The van der Waals surface area contributed by atoms with Crippen LogP contribution in [0, 0.1) is 11.8 Å². The lowest BCUT2D eigenvalue weighted by Crippen LogP contribution is -2.65. The van der Waals surface area contributed by atoms with Crippen molar-refractivity contribution < 1.29 is 14.6 Å². The quantitative estimate of drug-likeness (QED) is 0.815. The molecule has 21 heavy (non-hydrogen) atoms. The van der Waals surface area contributed by atoms with E-state index in [0.29, 0.717) is 26.2 Å². The predicted octanol–water partition coefficient (Wildman–Crippen LogP) is 2.07. The first-order chi connectivity index (χ1) is 9.90. The SMILES string of the molecule is CC(CN1CC(O)(C(C)C)C1)C(=O)OCc1ccccc1. The van der Waals surface area contributed by atoms with Gasteiger partial charge in [-0.1, -0.05) is 51.1 Å². The molecular weight excluding hydrogens is 266 g/mol. The van der Waals surface area contributed by atoms with E-state index in [1.54, 1.807) is 0 Å². The predicted molar refractivity (Wildman–Crippen MR) is 81.6 cm³/mol. The van der Waals surface area contributed by atoms with Crippen LogP contribution in [0.25, 0.3) is 0 Å². The highest BCUT2D eigenvalue weighted by Crippen LogP contribution is 2.29. The average molecular weight is 291 g/mol. The van der Waals surface area contributed by atoms with Crippen molar-refractivity contribution in [2.75, 3.05) is 19.6 Å². The van der Waals surface area contributed by atoms with E-state index in [-0.39, 0.29) is 17.8 Å². The Morgan fingerprint density at radius 2 is 1.90 bits per heavy atom. The number of hydrogen-bond acceptors (Lipinski definition) is 4. The minimum Gasteiger partial charge on any atom is -0.461 e. The van der Waals surface area contributed by atoms with Crippen LogP contribution in [0.5, 0.6) is 0 Å². The topological polar surface area (TPSA) is 49.8 Å². The normalized spacial score (nSPS) is 19.1. The van der Waals surface area contributed by atoms with Gasteiger partial charge in [0.1, 0.15) is 6.61 Å². The summed E-state index contributed by atoms with van der Waals surface area (Å²) in [7, 11) is 0. The molecule has 1 aromatic carbocycles. The van der Waals surface area contributed by atoms with E-state index >= 15 is 0 Å². The van der Waals surface area contributed by atoms with Gasteiger partial charge in [-0.15, -0.1) is 0 Å². The first-order valence-electron chi connectivity index (χ1n) is 7.56. The molecule has 116 valence electrons.